The Morgan fingerprint density at radius 3 is 3.06 bits per heavy atom. The third kappa shape index (κ3) is 2.43. The maximum absolute atomic E-state index is 11.8. The molecular weight excluding hydrogens is 240 g/mol. The van der Waals surface area contributed by atoms with Gasteiger partial charge in [0.2, 0.25) is 0 Å². The van der Waals surface area contributed by atoms with Crippen molar-refractivity contribution in [1.29, 1.82) is 0 Å². The van der Waals surface area contributed by atoms with Gasteiger partial charge in [-0.25, -0.2) is 0 Å². The highest BCUT2D eigenvalue weighted by Crippen LogP contribution is 2.34. The van der Waals surface area contributed by atoms with Gasteiger partial charge in [-0.3, -0.25) is 4.79 Å². The molecule has 0 unspecified atom stereocenters. The van der Waals surface area contributed by atoms with Crippen molar-refractivity contribution in [2.75, 3.05) is 24.6 Å². The van der Waals surface area contributed by atoms with Gasteiger partial charge >= 0.3 is 0 Å². The van der Waals surface area contributed by atoms with Crippen molar-refractivity contribution in [3.8, 4) is 5.75 Å². The van der Waals surface area contributed by atoms with Crippen LogP contribution in [0.25, 0.3) is 0 Å². The summed E-state index contributed by atoms with van der Waals surface area (Å²) in [5, 5.41) is 0.561. The Bertz CT molecular complexity index is 474. The molecule has 1 aliphatic rings. The van der Waals surface area contributed by atoms with E-state index in [4.69, 9.17) is 22.1 Å². The van der Waals surface area contributed by atoms with E-state index in [2.05, 4.69) is 6.58 Å². The molecule has 0 aromatic heterocycles. The highest BCUT2D eigenvalue weighted by Gasteiger charge is 2.25. The Morgan fingerprint density at radius 1 is 1.59 bits per heavy atom. The number of hydrogen-bond acceptors (Lipinski definition) is 3. The lowest BCUT2D eigenvalue weighted by Gasteiger charge is -2.29. The molecule has 17 heavy (non-hydrogen) atoms. The van der Waals surface area contributed by atoms with Gasteiger partial charge in [0.25, 0.3) is 5.91 Å². The van der Waals surface area contributed by atoms with Crippen LogP contribution in [0.1, 0.15) is 0 Å². The molecule has 90 valence electrons. The zero-order valence-corrected chi connectivity index (χ0v) is 10.0. The van der Waals surface area contributed by atoms with Gasteiger partial charge in [0, 0.05) is 18.1 Å². The Kier molecular flexibility index (Phi) is 3.36. The number of halogens is 1. The largest absolute Gasteiger partial charge is 0.482 e. The number of nitrogens with zero attached hydrogens (tertiary/aromatic N) is 1. The van der Waals surface area contributed by atoms with Crippen molar-refractivity contribution in [1.82, 2.24) is 0 Å². The first-order valence-electron chi connectivity index (χ1n) is 5.21. The highest BCUT2D eigenvalue weighted by molar-refractivity contribution is 6.31. The molecule has 0 spiro atoms. The normalized spacial score (nSPS) is 14.2. The summed E-state index contributed by atoms with van der Waals surface area (Å²) in [6.45, 7) is 4.58. The Hall–Kier alpha value is -1.52. The first-order chi connectivity index (χ1) is 8.11. The van der Waals surface area contributed by atoms with Gasteiger partial charge in [-0.05, 0) is 23.8 Å². The van der Waals surface area contributed by atoms with Crippen LogP contribution in [0.2, 0.25) is 5.02 Å². The molecule has 0 fully saturated rings. The lowest BCUT2D eigenvalue weighted by atomic mass is 10.2. The van der Waals surface area contributed by atoms with E-state index in [1.807, 2.05) is 0 Å². The van der Waals surface area contributed by atoms with Gasteiger partial charge < -0.3 is 15.4 Å². The molecule has 2 N–H and O–H groups in total. The topological polar surface area (TPSA) is 55.6 Å². The zero-order valence-electron chi connectivity index (χ0n) is 9.28. The van der Waals surface area contributed by atoms with Gasteiger partial charge in [0.05, 0.1) is 5.69 Å². The smallest absolute Gasteiger partial charge is 0.265 e. The van der Waals surface area contributed by atoms with Crippen LogP contribution in [0, 0.1) is 0 Å². The quantitative estimate of drug-likeness (QED) is 0.831. The molecule has 0 aliphatic carbocycles. The summed E-state index contributed by atoms with van der Waals surface area (Å²) in [4.78, 5) is 13.4. The van der Waals surface area contributed by atoms with Crippen LogP contribution < -0.4 is 15.4 Å². The van der Waals surface area contributed by atoms with E-state index in [-0.39, 0.29) is 12.5 Å². The summed E-state index contributed by atoms with van der Waals surface area (Å²) >= 11 is 5.92. The Balaban J connectivity index is 2.35. The minimum Gasteiger partial charge on any atom is -0.482 e. The van der Waals surface area contributed by atoms with E-state index in [1.165, 1.54) is 0 Å². The molecule has 1 aromatic carbocycles. The average Bonchev–Trinajstić information content (AvgIpc) is 2.32. The SMILES string of the molecule is C=C(CN)CN1C(=O)COc2ccc(Cl)cc21. The second-order valence-corrected chi connectivity index (χ2v) is 4.27. The second kappa shape index (κ2) is 4.77. The van der Waals surface area contributed by atoms with Crippen LogP contribution in [0.15, 0.2) is 30.4 Å². The fourth-order valence-corrected chi connectivity index (χ4v) is 1.80. The summed E-state index contributed by atoms with van der Waals surface area (Å²) in [7, 11) is 0. The molecule has 1 aromatic rings. The summed E-state index contributed by atoms with van der Waals surface area (Å²) in [5.41, 5.74) is 6.94. The predicted octanol–water partition coefficient (Wildman–Crippen LogP) is 1.58. The number of hydrogen-bond donors (Lipinski definition) is 1. The molecule has 0 radical (unpaired) electrons. The summed E-state index contributed by atoms with van der Waals surface area (Å²) in [5.74, 6) is 0.535. The maximum Gasteiger partial charge on any atom is 0.265 e. The molecule has 0 atom stereocenters. The van der Waals surface area contributed by atoms with Gasteiger partial charge in [-0.2, -0.15) is 0 Å². The number of anilines is 1. The molecular formula is C12H13ClN2O2. The summed E-state index contributed by atoms with van der Waals surface area (Å²) in [6, 6.07) is 5.19. The lowest BCUT2D eigenvalue weighted by molar-refractivity contribution is -0.121. The first kappa shape index (κ1) is 12.0. The standard InChI is InChI=1S/C12H13ClN2O2/c1-8(5-14)6-15-10-4-9(13)2-3-11(10)17-7-12(15)16/h2-4H,1,5-7,14H2. The Labute approximate surface area is 105 Å². The monoisotopic (exact) mass is 252 g/mol. The number of ether oxygens (including phenoxy) is 1. The molecule has 0 bridgehead atoms. The molecule has 5 heteroatoms. The van der Waals surface area contributed by atoms with Crippen molar-refractivity contribution in [2.45, 2.75) is 0 Å². The molecule has 1 amide bonds. The Morgan fingerprint density at radius 2 is 2.35 bits per heavy atom. The summed E-state index contributed by atoms with van der Waals surface area (Å²) in [6.07, 6.45) is 0. The van der Waals surface area contributed by atoms with Gasteiger partial charge in [-0.15, -0.1) is 0 Å². The third-order valence-electron chi connectivity index (χ3n) is 2.53. The van der Waals surface area contributed by atoms with Gasteiger partial charge in [0.1, 0.15) is 5.75 Å². The molecule has 0 saturated carbocycles. The van der Waals surface area contributed by atoms with Crippen molar-refractivity contribution >= 4 is 23.2 Å². The van der Waals surface area contributed by atoms with E-state index in [9.17, 15) is 4.79 Å². The first-order valence-corrected chi connectivity index (χ1v) is 5.59. The molecule has 1 heterocycles. The lowest BCUT2D eigenvalue weighted by Crippen LogP contribution is -2.40. The van der Waals surface area contributed by atoms with Crippen LogP contribution in [0.4, 0.5) is 5.69 Å². The van der Waals surface area contributed by atoms with E-state index < -0.39 is 0 Å². The van der Waals surface area contributed by atoms with Crippen LogP contribution >= 0.6 is 11.6 Å². The second-order valence-electron chi connectivity index (χ2n) is 3.83. The average molecular weight is 253 g/mol. The van der Waals surface area contributed by atoms with E-state index in [1.54, 1.807) is 23.1 Å². The van der Waals surface area contributed by atoms with Crippen molar-refractivity contribution in [3.63, 3.8) is 0 Å². The van der Waals surface area contributed by atoms with Crippen LogP contribution in [-0.2, 0) is 4.79 Å². The minimum absolute atomic E-state index is 0.0342. The number of nitrogens with two attached hydrogens (primary N) is 1. The van der Waals surface area contributed by atoms with E-state index in [0.29, 0.717) is 29.5 Å². The van der Waals surface area contributed by atoms with Gasteiger partial charge in [-0.1, -0.05) is 18.2 Å². The minimum atomic E-state index is -0.116. The van der Waals surface area contributed by atoms with E-state index in [0.717, 1.165) is 5.57 Å². The fraction of sp³-hybridized carbons (Fsp3) is 0.250. The number of carbonyl (C=O) groups is 1. The number of benzene rings is 1. The van der Waals surface area contributed by atoms with Crippen LogP contribution in [0.5, 0.6) is 5.75 Å². The fourth-order valence-electron chi connectivity index (χ4n) is 1.64. The van der Waals surface area contributed by atoms with Crippen molar-refractivity contribution in [2.24, 2.45) is 5.73 Å². The van der Waals surface area contributed by atoms with Crippen molar-refractivity contribution in [3.05, 3.63) is 35.4 Å². The third-order valence-corrected chi connectivity index (χ3v) is 2.77. The molecule has 2 rings (SSSR count). The molecule has 0 saturated heterocycles. The number of amides is 1. The van der Waals surface area contributed by atoms with Crippen LogP contribution in [-0.4, -0.2) is 25.6 Å². The van der Waals surface area contributed by atoms with Crippen LogP contribution in [0.3, 0.4) is 0 Å². The number of carbonyl (C=O) groups excluding carboxylic acids is 1. The van der Waals surface area contributed by atoms with Crippen molar-refractivity contribution < 1.29 is 9.53 Å². The van der Waals surface area contributed by atoms with Gasteiger partial charge in [0.15, 0.2) is 6.61 Å². The predicted molar refractivity (Wildman–Crippen MR) is 67.5 cm³/mol. The summed E-state index contributed by atoms with van der Waals surface area (Å²) < 4.78 is 5.33. The highest BCUT2D eigenvalue weighted by atomic mass is 35.5. The number of rotatable bonds is 3. The zero-order chi connectivity index (χ0) is 12.4. The maximum atomic E-state index is 11.8. The number of fused-ring (bicyclic) bond motifs is 1. The molecule has 1 aliphatic heterocycles. The van der Waals surface area contributed by atoms with E-state index >= 15 is 0 Å². The molecule has 4 nitrogen and oxygen atoms in total.